The van der Waals surface area contributed by atoms with Crippen LogP contribution in [0.5, 0.6) is 0 Å². The van der Waals surface area contributed by atoms with E-state index in [1.165, 1.54) is 12.1 Å². The molecule has 2 unspecified atom stereocenters. The molecule has 2 N–H and O–H groups in total. The minimum absolute atomic E-state index is 0.0121. The van der Waals surface area contributed by atoms with Crippen LogP contribution in [0.2, 0.25) is 0 Å². The number of hydrogen-bond donors (Lipinski definition) is 1. The van der Waals surface area contributed by atoms with Crippen LogP contribution in [0.15, 0.2) is 24.3 Å². The number of nitrogens with two attached hydrogens (primary N) is 1. The third kappa shape index (κ3) is 3.53. The first kappa shape index (κ1) is 15.1. The molecule has 1 aromatic rings. The minimum Gasteiger partial charge on any atom is -0.385 e. The quantitative estimate of drug-likeness (QED) is 0.845. The molecule has 3 heteroatoms. The third-order valence-electron chi connectivity index (χ3n) is 3.81. The zero-order chi connectivity index (χ0) is 13.8. The summed E-state index contributed by atoms with van der Waals surface area (Å²) < 4.78 is 18.0. The van der Waals surface area contributed by atoms with Crippen molar-refractivity contribution >= 4 is 0 Å². The fourth-order valence-electron chi connectivity index (χ4n) is 2.27. The lowest BCUT2D eigenvalue weighted by Gasteiger charge is -2.36. The van der Waals surface area contributed by atoms with Gasteiger partial charge < -0.3 is 10.5 Å². The van der Waals surface area contributed by atoms with Gasteiger partial charge in [-0.15, -0.1) is 0 Å². The van der Waals surface area contributed by atoms with Crippen LogP contribution in [-0.2, 0) is 10.2 Å². The average Bonchev–Trinajstić information content (AvgIpc) is 2.35. The van der Waals surface area contributed by atoms with Crippen LogP contribution >= 0.6 is 0 Å². The van der Waals surface area contributed by atoms with Gasteiger partial charge in [0.05, 0.1) is 0 Å². The molecule has 0 aliphatic carbocycles. The van der Waals surface area contributed by atoms with E-state index in [2.05, 4.69) is 20.8 Å². The van der Waals surface area contributed by atoms with Crippen molar-refractivity contribution in [1.82, 2.24) is 0 Å². The molecule has 0 radical (unpaired) electrons. The Morgan fingerprint density at radius 1 is 1.28 bits per heavy atom. The highest BCUT2D eigenvalue weighted by Gasteiger charge is 2.32. The lowest BCUT2D eigenvalue weighted by atomic mass is 9.73. The first-order valence-corrected chi connectivity index (χ1v) is 6.40. The summed E-state index contributed by atoms with van der Waals surface area (Å²) in [7, 11) is 1.70. The molecule has 0 aliphatic heterocycles. The molecule has 0 saturated heterocycles. The SMILES string of the molecule is COCCC(C)C(N)C(C)(C)c1ccc(F)cc1. The summed E-state index contributed by atoms with van der Waals surface area (Å²) >= 11 is 0. The molecule has 0 spiro atoms. The van der Waals surface area contributed by atoms with Gasteiger partial charge in [0.1, 0.15) is 5.82 Å². The van der Waals surface area contributed by atoms with E-state index in [0.29, 0.717) is 12.5 Å². The fraction of sp³-hybridized carbons (Fsp3) is 0.600. The van der Waals surface area contributed by atoms with E-state index >= 15 is 0 Å². The van der Waals surface area contributed by atoms with Crippen LogP contribution < -0.4 is 5.73 Å². The summed E-state index contributed by atoms with van der Waals surface area (Å²) in [6.45, 7) is 7.06. The molecule has 0 saturated carbocycles. The molecule has 18 heavy (non-hydrogen) atoms. The predicted molar refractivity (Wildman–Crippen MR) is 73.1 cm³/mol. The summed E-state index contributed by atoms with van der Waals surface area (Å²) in [6.07, 6.45) is 0.933. The molecule has 2 atom stereocenters. The highest BCUT2D eigenvalue weighted by molar-refractivity contribution is 5.26. The van der Waals surface area contributed by atoms with Gasteiger partial charge in [-0.25, -0.2) is 4.39 Å². The van der Waals surface area contributed by atoms with E-state index in [0.717, 1.165) is 12.0 Å². The van der Waals surface area contributed by atoms with Crippen LogP contribution in [0.25, 0.3) is 0 Å². The maximum atomic E-state index is 13.0. The summed E-state index contributed by atoms with van der Waals surface area (Å²) in [5, 5.41) is 0. The lowest BCUT2D eigenvalue weighted by Crippen LogP contribution is -2.45. The number of hydrogen-bond acceptors (Lipinski definition) is 2. The number of ether oxygens (including phenoxy) is 1. The Hall–Kier alpha value is -0.930. The number of methoxy groups -OCH3 is 1. The Labute approximate surface area is 109 Å². The Bertz CT molecular complexity index is 361. The van der Waals surface area contributed by atoms with Crippen LogP contribution in [0, 0.1) is 11.7 Å². The molecule has 1 aromatic carbocycles. The van der Waals surface area contributed by atoms with Crippen molar-refractivity contribution in [2.24, 2.45) is 11.7 Å². The van der Waals surface area contributed by atoms with Gasteiger partial charge >= 0.3 is 0 Å². The van der Waals surface area contributed by atoms with E-state index in [-0.39, 0.29) is 17.3 Å². The van der Waals surface area contributed by atoms with E-state index in [9.17, 15) is 4.39 Å². The summed E-state index contributed by atoms with van der Waals surface area (Å²) in [4.78, 5) is 0. The van der Waals surface area contributed by atoms with Crippen molar-refractivity contribution in [3.63, 3.8) is 0 Å². The van der Waals surface area contributed by atoms with Gasteiger partial charge in [-0.05, 0) is 30.0 Å². The average molecular weight is 253 g/mol. The van der Waals surface area contributed by atoms with Crippen molar-refractivity contribution in [1.29, 1.82) is 0 Å². The van der Waals surface area contributed by atoms with Gasteiger partial charge in [-0.2, -0.15) is 0 Å². The van der Waals surface area contributed by atoms with E-state index in [1.54, 1.807) is 7.11 Å². The number of rotatable bonds is 6. The Kier molecular flexibility index (Phi) is 5.29. The van der Waals surface area contributed by atoms with Gasteiger partial charge in [-0.3, -0.25) is 0 Å². The third-order valence-corrected chi connectivity index (χ3v) is 3.81. The minimum atomic E-state index is -0.212. The van der Waals surface area contributed by atoms with E-state index in [4.69, 9.17) is 10.5 Å². The molecule has 0 bridgehead atoms. The first-order valence-electron chi connectivity index (χ1n) is 6.40. The van der Waals surface area contributed by atoms with Gasteiger partial charge in [0, 0.05) is 25.2 Å². The molecule has 0 fully saturated rings. The number of benzene rings is 1. The second-order valence-electron chi connectivity index (χ2n) is 5.51. The Balaban J connectivity index is 2.81. The molecule has 102 valence electrons. The smallest absolute Gasteiger partial charge is 0.123 e. The zero-order valence-electron chi connectivity index (χ0n) is 11.7. The maximum absolute atomic E-state index is 13.0. The molecule has 2 nitrogen and oxygen atoms in total. The topological polar surface area (TPSA) is 35.2 Å². The summed E-state index contributed by atoms with van der Waals surface area (Å²) in [5.74, 6) is 0.139. The van der Waals surface area contributed by atoms with Crippen LogP contribution in [0.1, 0.15) is 32.8 Å². The van der Waals surface area contributed by atoms with Gasteiger partial charge in [0.2, 0.25) is 0 Å². The number of halogens is 1. The van der Waals surface area contributed by atoms with E-state index < -0.39 is 0 Å². The van der Waals surface area contributed by atoms with Crippen LogP contribution in [0.4, 0.5) is 4.39 Å². The second kappa shape index (κ2) is 6.30. The molecule has 0 amide bonds. The van der Waals surface area contributed by atoms with Crippen molar-refractivity contribution in [2.75, 3.05) is 13.7 Å². The lowest BCUT2D eigenvalue weighted by molar-refractivity contribution is 0.164. The van der Waals surface area contributed by atoms with Crippen molar-refractivity contribution < 1.29 is 9.13 Å². The highest BCUT2D eigenvalue weighted by Crippen LogP contribution is 2.30. The Morgan fingerprint density at radius 3 is 2.33 bits per heavy atom. The highest BCUT2D eigenvalue weighted by atomic mass is 19.1. The molecular weight excluding hydrogens is 229 g/mol. The molecule has 0 heterocycles. The largest absolute Gasteiger partial charge is 0.385 e. The van der Waals surface area contributed by atoms with Crippen molar-refractivity contribution in [2.45, 2.75) is 38.6 Å². The molecule has 1 rings (SSSR count). The maximum Gasteiger partial charge on any atom is 0.123 e. The molecule has 0 aromatic heterocycles. The monoisotopic (exact) mass is 253 g/mol. The standard InChI is InChI=1S/C15H24FNO/c1-11(9-10-18-4)14(17)15(2,3)12-5-7-13(16)8-6-12/h5-8,11,14H,9-10,17H2,1-4H3. The summed E-state index contributed by atoms with van der Waals surface area (Å²) in [5.41, 5.74) is 7.25. The fourth-order valence-corrected chi connectivity index (χ4v) is 2.27. The van der Waals surface area contributed by atoms with Gasteiger partial charge in [0.25, 0.3) is 0 Å². The van der Waals surface area contributed by atoms with E-state index in [1.807, 2.05) is 12.1 Å². The van der Waals surface area contributed by atoms with Crippen molar-refractivity contribution in [3.8, 4) is 0 Å². The van der Waals surface area contributed by atoms with Crippen LogP contribution in [0.3, 0.4) is 0 Å². The van der Waals surface area contributed by atoms with Crippen molar-refractivity contribution in [3.05, 3.63) is 35.6 Å². The van der Waals surface area contributed by atoms with Gasteiger partial charge in [-0.1, -0.05) is 32.9 Å². The second-order valence-corrected chi connectivity index (χ2v) is 5.51. The zero-order valence-corrected chi connectivity index (χ0v) is 11.7. The normalized spacial score (nSPS) is 15.4. The van der Waals surface area contributed by atoms with Gasteiger partial charge in [0.15, 0.2) is 0 Å². The summed E-state index contributed by atoms with van der Waals surface area (Å²) in [6, 6.07) is 6.63. The molecular formula is C15H24FNO. The molecule has 0 aliphatic rings. The Morgan fingerprint density at radius 2 is 1.83 bits per heavy atom. The van der Waals surface area contributed by atoms with Crippen LogP contribution in [-0.4, -0.2) is 19.8 Å². The predicted octanol–water partition coefficient (Wildman–Crippen LogP) is 3.10. The first-order chi connectivity index (χ1) is 8.39.